The average molecular weight is 246 g/mol. The van der Waals surface area contributed by atoms with Crippen LogP contribution in [-0.2, 0) is 4.84 Å². The lowest BCUT2D eigenvalue weighted by molar-refractivity contribution is 0.159. The molecule has 1 aromatic carbocycles. The van der Waals surface area contributed by atoms with Crippen LogP contribution in [0.25, 0.3) is 10.9 Å². The SMILES string of the molecule is CCO/N=C(\C)c1c(O)c2ccccc2[nH]c1=O. The van der Waals surface area contributed by atoms with E-state index in [1.165, 1.54) is 0 Å². The first-order chi connectivity index (χ1) is 8.65. The number of aromatic hydroxyl groups is 1. The van der Waals surface area contributed by atoms with Gasteiger partial charge in [0.05, 0.1) is 11.2 Å². The fourth-order valence-electron chi connectivity index (χ4n) is 1.77. The Labute approximate surface area is 104 Å². The molecule has 5 heteroatoms. The molecule has 0 atom stereocenters. The van der Waals surface area contributed by atoms with Crippen molar-refractivity contribution in [2.75, 3.05) is 6.61 Å². The lowest BCUT2D eigenvalue weighted by atomic mass is 10.1. The largest absolute Gasteiger partial charge is 0.506 e. The van der Waals surface area contributed by atoms with Gasteiger partial charge in [-0.2, -0.15) is 0 Å². The lowest BCUT2D eigenvalue weighted by Crippen LogP contribution is -2.17. The van der Waals surface area contributed by atoms with Gasteiger partial charge < -0.3 is 14.9 Å². The third-order valence-electron chi connectivity index (χ3n) is 2.59. The number of H-pyrrole nitrogens is 1. The summed E-state index contributed by atoms with van der Waals surface area (Å²) >= 11 is 0. The minimum Gasteiger partial charge on any atom is -0.506 e. The molecule has 0 bridgehead atoms. The number of aromatic nitrogens is 1. The van der Waals surface area contributed by atoms with Gasteiger partial charge in [-0.05, 0) is 26.0 Å². The molecule has 2 N–H and O–H groups in total. The summed E-state index contributed by atoms with van der Waals surface area (Å²) in [5.41, 5.74) is 0.698. The molecule has 1 aromatic heterocycles. The van der Waals surface area contributed by atoms with Gasteiger partial charge in [-0.15, -0.1) is 0 Å². The van der Waals surface area contributed by atoms with Crippen molar-refractivity contribution >= 4 is 16.6 Å². The van der Waals surface area contributed by atoms with E-state index < -0.39 is 0 Å². The molecule has 0 saturated carbocycles. The Morgan fingerprint density at radius 3 is 2.89 bits per heavy atom. The highest BCUT2D eigenvalue weighted by Crippen LogP contribution is 2.24. The van der Waals surface area contributed by atoms with Crippen LogP contribution in [0.4, 0.5) is 0 Å². The Balaban J connectivity index is 2.68. The van der Waals surface area contributed by atoms with Gasteiger partial charge in [-0.3, -0.25) is 4.79 Å². The van der Waals surface area contributed by atoms with Gasteiger partial charge in [0, 0.05) is 5.39 Å². The summed E-state index contributed by atoms with van der Waals surface area (Å²) in [6, 6.07) is 7.05. The van der Waals surface area contributed by atoms with Crippen LogP contribution in [0.5, 0.6) is 5.75 Å². The molecule has 0 aliphatic rings. The van der Waals surface area contributed by atoms with Gasteiger partial charge >= 0.3 is 0 Å². The number of aromatic amines is 1. The normalized spacial score (nSPS) is 11.8. The molecule has 0 fully saturated rings. The molecule has 0 radical (unpaired) electrons. The summed E-state index contributed by atoms with van der Waals surface area (Å²) in [5, 5.41) is 14.5. The van der Waals surface area contributed by atoms with Gasteiger partial charge in [0.2, 0.25) is 0 Å². The van der Waals surface area contributed by atoms with Crippen LogP contribution in [0.2, 0.25) is 0 Å². The number of pyridine rings is 1. The highest BCUT2D eigenvalue weighted by Gasteiger charge is 2.14. The van der Waals surface area contributed by atoms with Crippen molar-refractivity contribution < 1.29 is 9.94 Å². The molecule has 2 rings (SSSR count). The third kappa shape index (κ3) is 2.07. The summed E-state index contributed by atoms with van der Waals surface area (Å²) in [4.78, 5) is 19.5. The maximum Gasteiger partial charge on any atom is 0.261 e. The van der Waals surface area contributed by atoms with Crippen LogP contribution < -0.4 is 5.56 Å². The predicted molar refractivity (Wildman–Crippen MR) is 70.1 cm³/mol. The molecule has 0 spiro atoms. The summed E-state index contributed by atoms with van der Waals surface area (Å²) < 4.78 is 0. The van der Waals surface area contributed by atoms with E-state index in [1.807, 2.05) is 0 Å². The van der Waals surface area contributed by atoms with Crippen LogP contribution >= 0.6 is 0 Å². The highest BCUT2D eigenvalue weighted by molar-refractivity contribution is 6.04. The molecular formula is C13H14N2O3. The minimum absolute atomic E-state index is 0.0738. The van der Waals surface area contributed by atoms with E-state index >= 15 is 0 Å². The lowest BCUT2D eigenvalue weighted by Gasteiger charge is -2.06. The monoisotopic (exact) mass is 246 g/mol. The van der Waals surface area contributed by atoms with E-state index in [-0.39, 0.29) is 16.9 Å². The van der Waals surface area contributed by atoms with E-state index in [0.717, 1.165) is 0 Å². The zero-order valence-corrected chi connectivity index (χ0v) is 10.2. The Kier molecular flexibility index (Phi) is 3.32. The van der Waals surface area contributed by atoms with Gasteiger partial charge in [0.1, 0.15) is 17.9 Å². The molecule has 1 heterocycles. The van der Waals surface area contributed by atoms with E-state index in [1.54, 1.807) is 38.1 Å². The third-order valence-corrected chi connectivity index (χ3v) is 2.59. The van der Waals surface area contributed by atoms with Crippen molar-refractivity contribution in [2.24, 2.45) is 5.16 Å². The molecule has 18 heavy (non-hydrogen) atoms. The van der Waals surface area contributed by atoms with Gasteiger partial charge in [-0.1, -0.05) is 17.3 Å². The number of nitrogens with zero attached hydrogens (tertiary/aromatic N) is 1. The van der Waals surface area contributed by atoms with E-state index in [2.05, 4.69) is 10.1 Å². The molecular weight excluding hydrogens is 232 g/mol. The Hall–Kier alpha value is -2.30. The first-order valence-electron chi connectivity index (χ1n) is 5.66. The topological polar surface area (TPSA) is 74.7 Å². The number of fused-ring (bicyclic) bond motifs is 1. The number of hydrogen-bond acceptors (Lipinski definition) is 4. The molecule has 94 valence electrons. The van der Waals surface area contributed by atoms with Crippen molar-refractivity contribution in [3.05, 3.63) is 40.2 Å². The van der Waals surface area contributed by atoms with E-state index in [9.17, 15) is 9.90 Å². The van der Waals surface area contributed by atoms with Gasteiger partial charge in [0.25, 0.3) is 5.56 Å². The molecule has 2 aromatic rings. The van der Waals surface area contributed by atoms with Crippen LogP contribution in [0, 0.1) is 0 Å². The molecule has 5 nitrogen and oxygen atoms in total. The molecule has 0 saturated heterocycles. The Bertz CT molecular complexity index is 659. The van der Waals surface area contributed by atoms with Crippen molar-refractivity contribution in [3.63, 3.8) is 0 Å². The fourth-order valence-corrected chi connectivity index (χ4v) is 1.77. The number of nitrogens with one attached hydrogen (secondary N) is 1. The summed E-state index contributed by atoms with van der Waals surface area (Å²) in [6.45, 7) is 3.82. The average Bonchev–Trinajstić information content (AvgIpc) is 2.36. The number of para-hydroxylation sites is 1. The molecule has 0 aliphatic carbocycles. The predicted octanol–water partition coefficient (Wildman–Crippen LogP) is 1.99. The Morgan fingerprint density at radius 1 is 1.44 bits per heavy atom. The number of rotatable bonds is 3. The van der Waals surface area contributed by atoms with Gasteiger partial charge in [-0.25, -0.2) is 0 Å². The van der Waals surface area contributed by atoms with Crippen LogP contribution in [0.3, 0.4) is 0 Å². The van der Waals surface area contributed by atoms with Crippen molar-refractivity contribution in [1.82, 2.24) is 4.98 Å². The van der Waals surface area contributed by atoms with E-state index in [4.69, 9.17) is 4.84 Å². The quantitative estimate of drug-likeness (QED) is 0.642. The summed E-state index contributed by atoms with van der Waals surface area (Å²) in [6.07, 6.45) is 0. The van der Waals surface area contributed by atoms with Crippen LogP contribution in [-0.4, -0.2) is 22.4 Å². The van der Waals surface area contributed by atoms with Crippen LogP contribution in [0.15, 0.2) is 34.2 Å². The van der Waals surface area contributed by atoms with Crippen LogP contribution in [0.1, 0.15) is 19.4 Å². The zero-order valence-electron chi connectivity index (χ0n) is 10.2. The second-order valence-electron chi connectivity index (χ2n) is 3.82. The standard InChI is InChI=1S/C13H14N2O3/c1-3-18-15-8(2)11-12(16)9-6-4-5-7-10(9)14-13(11)17/h4-7H,3H2,1-2H3,(H2,14,16,17)/b15-8+. The second-order valence-corrected chi connectivity index (χ2v) is 3.82. The second kappa shape index (κ2) is 4.91. The molecule has 0 unspecified atom stereocenters. The zero-order chi connectivity index (χ0) is 13.1. The highest BCUT2D eigenvalue weighted by atomic mass is 16.6. The summed E-state index contributed by atoms with van der Waals surface area (Å²) in [5.74, 6) is -0.0738. The number of hydrogen-bond donors (Lipinski definition) is 2. The molecule has 0 amide bonds. The van der Waals surface area contributed by atoms with Crippen molar-refractivity contribution in [2.45, 2.75) is 13.8 Å². The van der Waals surface area contributed by atoms with Crippen molar-refractivity contribution in [1.29, 1.82) is 0 Å². The Morgan fingerprint density at radius 2 is 2.17 bits per heavy atom. The van der Waals surface area contributed by atoms with E-state index in [0.29, 0.717) is 23.2 Å². The smallest absolute Gasteiger partial charge is 0.261 e. The first-order valence-corrected chi connectivity index (χ1v) is 5.66. The maximum atomic E-state index is 11.9. The minimum atomic E-state index is -0.382. The first kappa shape index (κ1) is 12.2. The molecule has 0 aliphatic heterocycles. The van der Waals surface area contributed by atoms with Gasteiger partial charge in [0.15, 0.2) is 0 Å². The fraction of sp³-hybridized carbons (Fsp3) is 0.231. The van der Waals surface area contributed by atoms with Crippen molar-refractivity contribution in [3.8, 4) is 5.75 Å². The number of benzene rings is 1. The maximum absolute atomic E-state index is 11.9. The number of oxime groups is 1. The summed E-state index contributed by atoms with van der Waals surface area (Å²) in [7, 11) is 0.